The molecule has 0 N–H and O–H groups in total. The Bertz CT molecular complexity index is 916. The Kier molecular flexibility index (Phi) is 7.32. The van der Waals surface area contributed by atoms with E-state index in [0.29, 0.717) is 36.9 Å². The Morgan fingerprint density at radius 3 is 2.38 bits per heavy atom. The van der Waals surface area contributed by atoms with Gasteiger partial charge in [0.05, 0.1) is 18.2 Å². The van der Waals surface area contributed by atoms with Crippen LogP contribution in [-0.4, -0.2) is 83.2 Å². The van der Waals surface area contributed by atoms with E-state index in [1.165, 1.54) is 24.2 Å². The number of hydrogen-bond donors (Lipinski definition) is 0. The summed E-state index contributed by atoms with van der Waals surface area (Å²) >= 11 is 0. The molecule has 1 aromatic carbocycles. The van der Waals surface area contributed by atoms with Crippen LogP contribution in [0.5, 0.6) is 5.75 Å². The highest BCUT2D eigenvalue weighted by Gasteiger charge is 2.44. The molecular weight excluding hydrogens is 432 g/mol. The third-order valence-corrected chi connectivity index (χ3v) is 6.90. The van der Waals surface area contributed by atoms with Crippen molar-refractivity contribution >= 4 is 12.0 Å². The summed E-state index contributed by atoms with van der Waals surface area (Å²) < 4.78 is 11.7. The zero-order valence-corrected chi connectivity index (χ0v) is 20.5. The molecule has 8 nitrogen and oxygen atoms in total. The van der Waals surface area contributed by atoms with Crippen LogP contribution in [0.1, 0.15) is 58.4 Å². The van der Waals surface area contributed by atoms with E-state index in [9.17, 15) is 9.59 Å². The summed E-state index contributed by atoms with van der Waals surface area (Å²) in [5.41, 5.74) is -0.0952. The highest BCUT2D eigenvalue weighted by atomic mass is 16.6. The van der Waals surface area contributed by atoms with Crippen molar-refractivity contribution in [1.82, 2.24) is 14.7 Å². The molecule has 8 heteroatoms. The molecule has 0 aromatic heterocycles. The first-order valence-corrected chi connectivity index (χ1v) is 12.4. The van der Waals surface area contributed by atoms with Crippen LogP contribution in [0.15, 0.2) is 24.3 Å². The van der Waals surface area contributed by atoms with Crippen molar-refractivity contribution in [1.29, 1.82) is 5.26 Å². The molecule has 34 heavy (non-hydrogen) atoms. The minimum Gasteiger partial charge on any atom is -0.488 e. The lowest BCUT2D eigenvalue weighted by Gasteiger charge is -2.37. The Labute approximate surface area is 202 Å². The standard InChI is InChI=1S/C26H36N4O4/c1-26(2,3)34-25(32)30-18-22(33-21-10-8-19(17-27)9-11-21)16-23(30)24(31)29-13-5-12-28(14-15-29)20-6-4-7-20/h8-11,20,22-23H,4-7,12-16,18H2,1-3H3. The monoisotopic (exact) mass is 468 g/mol. The third-order valence-electron chi connectivity index (χ3n) is 6.90. The van der Waals surface area contributed by atoms with Crippen molar-refractivity contribution in [3.63, 3.8) is 0 Å². The third kappa shape index (κ3) is 5.82. The zero-order chi connectivity index (χ0) is 24.3. The van der Waals surface area contributed by atoms with Gasteiger partial charge in [-0.1, -0.05) is 6.42 Å². The van der Waals surface area contributed by atoms with E-state index >= 15 is 0 Å². The van der Waals surface area contributed by atoms with Crippen molar-refractivity contribution in [2.24, 2.45) is 0 Å². The number of ether oxygens (including phenoxy) is 2. The highest BCUT2D eigenvalue weighted by molar-refractivity contribution is 5.86. The molecule has 4 rings (SSSR count). The number of nitriles is 1. The second-order valence-corrected chi connectivity index (χ2v) is 10.6. The van der Waals surface area contributed by atoms with Crippen molar-refractivity contribution in [2.45, 2.75) is 76.7 Å². The first-order chi connectivity index (χ1) is 16.2. The number of rotatable bonds is 4. The van der Waals surface area contributed by atoms with Crippen LogP contribution < -0.4 is 4.74 Å². The van der Waals surface area contributed by atoms with Crippen molar-refractivity contribution in [3.8, 4) is 11.8 Å². The van der Waals surface area contributed by atoms with E-state index in [1.54, 1.807) is 24.3 Å². The molecule has 0 radical (unpaired) electrons. The number of benzene rings is 1. The Balaban J connectivity index is 1.45. The van der Waals surface area contributed by atoms with Gasteiger partial charge in [-0.15, -0.1) is 0 Å². The number of carbonyl (C=O) groups excluding carboxylic acids is 2. The van der Waals surface area contributed by atoms with Crippen LogP contribution in [0.4, 0.5) is 4.79 Å². The van der Waals surface area contributed by atoms with Crippen LogP contribution in [0.25, 0.3) is 0 Å². The Hall–Kier alpha value is -2.79. The van der Waals surface area contributed by atoms with Crippen LogP contribution in [0, 0.1) is 11.3 Å². The van der Waals surface area contributed by atoms with Crippen LogP contribution in [0.2, 0.25) is 0 Å². The largest absolute Gasteiger partial charge is 0.488 e. The topological polar surface area (TPSA) is 86.1 Å². The van der Waals surface area contributed by atoms with Crippen LogP contribution in [-0.2, 0) is 9.53 Å². The maximum Gasteiger partial charge on any atom is 0.411 e. The molecule has 2 unspecified atom stereocenters. The van der Waals surface area contributed by atoms with E-state index in [1.807, 2.05) is 25.7 Å². The summed E-state index contributed by atoms with van der Waals surface area (Å²) in [6.07, 6.45) is 4.38. The molecule has 2 amide bonds. The average Bonchev–Trinajstić information content (AvgIpc) is 3.02. The molecule has 2 saturated heterocycles. The van der Waals surface area contributed by atoms with E-state index < -0.39 is 17.7 Å². The van der Waals surface area contributed by atoms with E-state index in [4.69, 9.17) is 14.7 Å². The van der Waals surface area contributed by atoms with Gasteiger partial charge in [-0.2, -0.15) is 5.26 Å². The first-order valence-electron chi connectivity index (χ1n) is 12.4. The van der Waals surface area contributed by atoms with Gasteiger partial charge < -0.3 is 14.4 Å². The molecule has 0 spiro atoms. The van der Waals surface area contributed by atoms with Crippen molar-refractivity contribution < 1.29 is 19.1 Å². The fourth-order valence-corrected chi connectivity index (χ4v) is 4.93. The summed E-state index contributed by atoms with van der Waals surface area (Å²) in [5.74, 6) is 0.597. The Morgan fingerprint density at radius 1 is 1.03 bits per heavy atom. The van der Waals surface area contributed by atoms with E-state index in [2.05, 4.69) is 11.0 Å². The van der Waals surface area contributed by atoms with Gasteiger partial charge in [0.1, 0.15) is 23.5 Å². The fourth-order valence-electron chi connectivity index (χ4n) is 4.93. The lowest BCUT2D eigenvalue weighted by molar-refractivity contribution is -0.135. The quantitative estimate of drug-likeness (QED) is 0.673. The fraction of sp³-hybridized carbons (Fsp3) is 0.654. The lowest BCUT2D eigenvalue weighted by Crippen LogP contribution is -2.50. The minimum absolute atomic E-state index is 0.0211. The number of hydrogen-bond acceptors (Lipinski definition) is 6. The molecule has 184 valence electrons. The van der Waals surface area contributed by atoms with E-state index in [-0.39, 0.29) is 18.6 Å². The van der Waals surface area contributed by atoms with Gasteiger partial charge in [-0.05, 0) is 64.3 Å². The molecule has 0 bridgehead atoms. The SMILES string of the molecule is CC(C)(C)OC(=O)N1CC(Oc2ccc(C#N)cc2)CC1C(=O)N1CCCN(C2CCC2)CC1. The lowest BCUT2D eigenvalue weighted by atomic mass is 9.91. The van der Waals surface area contributed by atoms with Gasteiger partial charge in [0.2, 0.25) is 5.91 Å². The molecule has 1 saturated carbocycles. The number of amides is 2. The summed E-state index contributed by atoms with van der Waals surface area (Å²) in [6, 6.07) is 9.05. The van der Waals surface area contributed by atoms with Gasteiger partial charge in [0, 0.05) is 38.6 Å². The zero-order valence-electron chi connectivity index (χ0n) is 20.5. The summed E-state index contributed by atoms with van der Waals surface area (Å²) in [6.45, 7) is 9.08. The molecule has 2 aliphatic heterocycles. The molecule has 3 aliphatic rings. The predicted octanol–water partition coefficient (Wildman–Crippen LogP) is 3.40. The number of nitrogens with zero attached hydrogens (tertiary/aromatic N) is 4. The number of likely N-dealkylation sites (tertiary alicyclic amines) is 1. The van der Waals surface area contributed by atoms with Crippen molar-refractivity contribution in [3.05, 3.63) is 29.8 Å². The highest BCUT2D eigenvalue weighted by Crippen LogP contribution is 2.29. The van der Waals surface area contributed by atoms with E-state index in [0.717, 1.165) is 19.5 Å². The maximum absolute atomic E-state index is 13.6. The van der Waals surface area contributed by atoms with Gasteiger partial charge >= 0.3 is 6.09 Å². The normalized spacial score (nSPS) is 24.2. The van der Waals surface area contributed by atoms with Gasteiger partial charge in [0.15, 0.2) is 0 Å². The maximum atomic E-state index is 13.6. The Morgan fingerprint density at radius 2 is 1.76 bits per heavy atom. The van der Waals surface area contributed by atoms with Crippen LogP contribution in [0.3, 0.4) is 0 Å². The first kappa shape index (κ1) is 24.3. The summed E-state index contributed by atoms with van der Waals surface area (Å²) in [7, 11) is 0. The molecule has 3 fully saturated rings. The molecule has 2 atom stereocenters. The molecular formula is C26H36N4O4. The average molecular weight is 469 g/mol. The summed E-state index contributed by atoms with van der Waals surface area (Å²) in [5, 5.41) is 9.01. The second kappa shape index (κ2) is 10.2. The van der Waals surface area contributed by atoms with Gasteiger partial charge in [0.25, 0.3) is 0 Å². The smallest absolute Gasteiger partial charge is 0.411 e. The van der Waals surface area contributed by atoms with Crippen LogP contribution >= 0.6 is 0 Å². The summed E-state index contributed by atoms with van der Waals surface area (Å²) in [4.78, 5) is 32.7. The number of carbonyl (C=O) groups is 2. The minimum atomic E-state index is -0.650. The van der Waals surface area contributed by atoms with Crippen molar-refractivity contribution in [2.75, 3.05) is 32.7 Å². The van der Waals surface area contributed by atoms with Gasteiger partial charge in [-0.3, -0.25) is 14.6 Å². The molecule has 1 aromatic rings. The molecule has 1 aliphatic carbocycles. The van der Waals surface area contributed by atoms with Gasteiger partial charge in [-0.25, -0.2) is 4.79 Å². The second-order valence-electron chi connectivity index (χ2n) is 10.6. The predicted molar refractivity (Wildman–Crippen MR) is 127 cm³/mol. The molecule has 2 heterocycles.